The van der Waals surface area contributed by atoms with Gasteiger partial charge in [0, 0.05) is 25.8 Å². The van der Waals surface area contributed by atoms with Gasteiger partial charge in [-0.3, -0.25) is 0 Å². The molecule has 0 radical (unpaired) electrons. The van der Waals surface area contributed by atoms with Crippen LogP contribution in [0, 0.1) is 0 Å². The van der Waals surface area contributed by atoms with Gasteiger partial charge < -0.3 is 15.3 Å². The first kappa shape index (κ1) is 14.7. The molecule has 0 aromatic carbocycles. The smallest absolute Gasteiger partial charge is 0.224 e. The highest BCUT2D eigenvalue weighted by molar-refractivity contribution is 5.42. The summed E-state index contributed by atoms with van der Waals surface area (Å²) in [5, 5.41) is 12.3. The molecule has 1 aromatic heterocycles. The Bertz CT molecular complexity index is 333. The second-order valence-corrected chi connectivity index (χ2v) is 4.23. The van der Waals surface area contributed by atoms with Gasteiger partial charge in [0.05, 0.1) is 6.61 Å². The molecule has 0 aliphatic carbocycles. The van der Waals surface area contributed by atoms with E-state index < -0.39 is 0 Å². The molecule has 18 heavy (non-hydrogen) atoms. The lowest BCUT2D eigenvalue weighted by atomic mass is 10.3. The number of rotatable bonds is 9. The number of aromatic nitrogens is 2. The number of aliphatic hydroxyl groups excluding tert-OH is 1. The first-order valence-electron chi connectivity index (χ1n) is 6.74. The van der Waals surface area contributed by atoms with E-state index in [4.69, 9.17) is 5.11 Å². The fraction of sp³-hybridized carbons (Fsp3) is 0.692. The zero-order valence-corrected chi connectivity index (χ0v) is 11.4. The minimum atomic E-state index is 0.144. The molecule has 5 heteroatoms. The van der Waals surface area contributed by atoms with E-state index in [0.717, 1.165) is 38.2 Å². The predicted octanol–water partition coefficient (Wildman–Crippen LogP) is 1.90. The van der Waals surface area contributed by atoms with Crippen LogP contribution in [0.5, 0.6) is 0 Å². The molecule has 102 valence electrons. The molecule has 0 amide bonds. The third-order valence-corrected chi connectivity index (χ3v) is 2.65. The Morgan fingerprint density at radius 3 is 2.78 bits per heavy atom. The monoisotopic (exact) mass is 252 g/mol. The highest BCUT2D eigenvalue weighted by Crippen LogP contribution is 2.12. The number of nitrogens with one attached hydrogen (secondary N) is 1. The summed E-state index contributed by atoms with van der Waals surface area (Å²) in [7, 11) is 0. The SMILES string of the molecule is CCCCN(CCO)c1ccnc(NCCC)n1. The highest BCUT2D eigenvalue weighted by Gasteiger charge is 2.07. The van der Waals surface area contributed by atoms with Gasteiger partial charge in [0.25, 0.3) is 0 Å². The molecule has 0 spiro atoms. The van der Waals surface area contributed by atoms with Crippen LogP contribution in [0.25, 0.3) is 0 Å². The summed E-state index contributed by atoms with van der Waals surface area (Å²) >= 11 is 0. The summed E-state index contributed by atoms with van der Waals surface area (Å²) in [5.41, 5.74) is 0. The fourth-order valence-corrected chi connectivity index (χ4v) is 1.66. The average Bonchev–Trinajstić information content (AvgIpc) is 2.41. The topological polar surface area (TPSA) is 61.3 Å². The summed E-state index contributed by atoms with van der Waals surface area (Å²) in [6, 6.07) is 1.89. The van der Waals surface area contributed by atoms with Crippen LogP contribution in [0.3, 0.4) is 0 Å². The van der Waals surface area contributed by atoms with Crippen molar-refractivity contribution >= 4 is 11.8 Å². The molecule has 0 saturated carbocycles. The molecule has 0 unspecified atom stereocenters. The Hall–Kier alpha value is -1.36. The lowest BCUT2D eigenvalue weighted by Gasteiger charge is -2.22. The Morgan fingerprint density at radius 2 is 2.11 bits per heavy atom. The molecule has 0 saturated heterocycles. The molecule has 1 heterocycles. The van der Waals surface area contributed by atoms with Gasteiger partial charge in [-0.05, 0) is 18.9 Å². The van der Waals surface area contributed by atoms with Crippen molar-refractivity contribution in [3.63, 3.8) is 0 Å². The van der Waals surface area contributed by atoms with E-state index in [0.29, 0.717) is 12.5 Å². The summed E-state index contributed by atoms with van der Waals surface area (Å²) in [4.78, 5) is 10.8. The lowest BCUT2D eigenvalue weighted by molar-refractivity contribution is 0.301. The Balaban J connectivity index is 2.70. The van der Waals surface area contributed by atoms with Crippen molar-refractivity contribution in [2.45, 2.75) is 33.1 Å². The molecule has 0 bridgehead atoms. The number of unbranched alkanes of at least 4 members (excludes halogenated alkanes) is 1. The van der Waals surface area contributed by atoms with E-state index in [1.54, 1.807) is 6.20 Å². The average molecular weight is 252 g/mol. The second kappa shape index (κ2) is 8.69. The molecule has 0 atom stereocenters. The zero-order chi connectivity index (χ0) is 13.2. The number of hydrogen-bond donors (Lipinski definition) is 2. The van der Waals surface area contributed by atoms with Crippen LogP contribution in [0.2, 0.25) is 0 Å². The predicted molar refractivity (Wildman–Crippen MR) is 75.0 cm³/mol. The molecular weight excluding hydrogens is 228 g/mol. The van der Waals surface area contributed by atoms with Crippen LogP contribution in [-0.2, 0) is 0 Å². The van der Waals surface area contributed by atoms with Crippen LogP contribution >= 0.6 is 0 Å². The largest absolute Gasteiger partial charge is 0.395 e. The van der Waals surface area contributed by atoms with Crippen molar-refractivity contribution in [1.29, 1.82) is 0 Å². The fourth-order valence-electron chi connectivity index (χ4n) is 1.66. The van der Waals surface area contributed by atoms with E-state index in [2.05, 4.69) is 34.0 Å². The normalized spacial score (nSPS) is 10.4. The number of aliphatic hydroxyl groups is 1. The van der Waals surface area contributed by atoms with Gasteiger partial charge in [-0.1, -0.05) is 20.3 Å². The Labute approximate surface area is 109 Å². The quantitative estimate of drug-likeness (QED) is 0.703. The van der Waals surface area contributed by atoms with Crippen molar-refractivity contribution in [2.24, 2.45) is 0 Å². The Kier molecular flexibility index (Phi) is 7.10. The number of anilines is 2. The zero-order valence-electron chi connectivity index (χ0n) is 11.4. The molecule has 0 aliphatic rings. The first-order valence-corrected chi connectivity index (χ1v) is 6.74. The van der Waals surface area contributed by atoms with Crippen LogP contribution in [-0.4, -0.2) is 41.3 Å². The minimum absolute atomic E-state index is 0.144. The van der Waals surface area contributed by atoms with Crippen LogP contribution in [0.4, 0.5) is 11.8 Å². The number of hydrogen-bond acceptors (Lipinski definition) is 5. The van der Waals surface area contributed by atoms with E-state index in [9.17, 15) is 0 Å². The van der Waals surface area contributed by atoms with Crippen molar-refractivity contribution in [2.75, 3.05) is 36.5 Å². The van der Waals surface area contributed by atoms with Crippen molar-refractivity contribution in [3.05, 3.63) is 12.3 Å². The van der Waals surface area contributed by atoms with Gasteiger partial charge in [-0.15, -0.1) is 0 Å². The summed E-state index contributed by atoms with van der Waals surface area (Å²) < 4.78 is 0. The molecular formula is C13H24N4O. The van der Waals surface area contributed by atoms with E-state index >= 15 is 0 Å². The maximum atomic E-state index is 9.11. The molecule has 1 rings (SSSR count). The molecule has 0 fully saturated rings. The lowest BCUT2D eigenvalue weighted by Crippen LogP contribution is -2.28. The summed E-state index contributed by atoms with van der Waals surface area (Å²) in [6.07, 6.45) is 5.04. The highest BCUT2D eigenvalue weighted by atomic mass is 16.3. The van der Waals surface area contributed by atoms with Crippen LogP contribution in [0.15, 0.2) is 12.3 Å². The molecule has 5 nitrogen and oxygen atoms in total. The van der Waals surface area contributed by atoms with Gasteiger partial charge in [-0.25, -0.2) is 4.98 Å². The van der Waals surface area contributed by atoms with Gasteiger partial charge in [0.1, 0.15) is 5.82 Å². The third-order valence-electron chi connectivity index (χ3n) is 2.65. The first-order chi connectivity index (χ1) is 8.81. The van der Waals surface area contributed by atoms with Gasteiger partial charge in [-0.2, -0.15) is 4.98 Å². The Morgan fingerprint density at radius 1 is 1.28 bits per heavy atom. The molecule has 1 aromatic rings. The molecule has 0 aliphatic heterocycles. The second-order valence-electron chi connectivity index (χ2n) is 4.23. The summed E-state index contributed by atoms with van der Waals surface area (Å²) in [5.74, 6) is 1.54. The van der Waals surface area contributed by atoms with Crippen molar-refractivity contribution in [1.82, 2.24) is 9.97 Å². The van der Waals surface area contributed by atoms with Gasteiger partial charge >= 0.3 is 0 Å². The van der Waals surface area contributed by atoms with Crippen LogP contribution < -0.4 is 10.2 Å². The van der Waals surface area contributed by atoms with Gasteiger partial charge in [0.15, 0.2) is 0 Å². The standard InChI is InChI=1S/C13H24N4O/c1-3-5-9-17(10-11-18)12-6-8-15-13(16-12)14-7-4-2/h6,8,18H,3-5,7,9-11H2,1-2H3,(H,14,15,16). The maximum absolute atomic E-state index is 9.11. The van der Waals surface area contributed by atoms with E-state index in [1.807, 2.05) is 6.07 Å². The van der Waals surface area contributed by atoms with Crippen molar-refractivity contribution < 1.29 is 5.11 Å². The minimum Gasteiger partial charge on any atom is -0.395 e. The van der Waals surface area contributed by atoms with E-state index in [1.165, 1.54) is 0 Å². The summed E-state index contributed by atoms with van der Waals surface area (Å²) in [6.45, 7) is 6.82. The van der Waals surface area contributed by atoms with Crippen LogP contribution in [0.1, 0.15) is 33.1 Å². The molecule has 2 N–H and O–H groups in total. The van der Waals surface area contributed by atoms with E-state index in [-0.39, 0.29) is 6.61 Å². The third kappa shape index (κ3) is 4.87. The maximum Gasteiger partial charge on any atom is 0.224 e. The van der Waals surface area contributed by atoms with Gasteiger partial charge in [0.2, 0.25) is 5.95 Å². The number of nitrogens with zero attached hydrogens (tertiary/aromatic N) is 3. The van der Waals surface area contributed by atoms with Crippen molar-refractivity contribution in [3.8, 4) is 0 Å².